The molecule has 0 radical (unpaired) electrons. The number of fused-ring (bicyclic) bond motifs is 1. The minimum atomic E-state index is -0.348. The summed E-state index contributed by atoms with van der Waals surface area (Å²) >= 11 is 6.78. The minimum Gasteiger partial charge on any atom is -0.339 e. The Balaban J connectivity index is 1.72. The molecule has 0 aliphatic rings. The molecule has 2 heterocycles. The second-order valence-electron chi connectivity index (χ2n) is 5.67. The molecule has 0 aliphatic heterocycles. The van der Waals surface area contributed by atoms with Gasteiger partial charge in [-0.25, -0.2) is 4.39 Å². The number of aromatic amines is 1. The fourth-order valence-corrected chi connectivity index (χ4v) is 3.39. The Labute approximate surface area is 163 Å². The van der Waals surface area contributed by atoms with Gasteiger partial charge in [0.05, 0.1) is 12.0 Å². The number of nitrogens with zero attached hydrogens (tertiary/aromatic N) is 2. The number of halogens is 3. The van der Waals surface area contributed by atoms with Crippen LogP contribution in [0.1, 0.15) is 11.5 Å². The van der Waals surface area contributed by atoms with Crippen LogP contribution in [0.4, 0.5) is 4.39 Å². The number of H-pyrrole nitrogens is 1. The van der Waals surface area contributed by atoms with E-state index in [0.717, 1.165) is 14.3 Å². The zero-order chi connectivity index (χ0) is 18.3. The van der Waals surface area contributed by atoms with Gasteiger partial charge in [0, 0.05) is 19.8 Å². The third-order valence-electron chi connectivity index (χ3n) is 3.86. The van der Waals surface area contributed by atoms with E-state index in [2.05, 4.69) is 47.0 Å². The van der Waals surface area contributed by atoms with Gasteiger partial charge >= 0.3 is 0 Å². The first-order chi connectivity index (χ1) is 12.5. The lowest BCUT2D eigenvalue weighted by molar-refractivity contribution is 0.385. The van der Waals surface area contributed by atoms with Gasteiger partial charge in [-0.2, -0.15) is 4.98 Å². The van der Waals surface area contributed by atoms with Crippen molar-refractivity contribution in [1.82, 2.24) is 15.1 Å². The van der Waals surface area contributed by atoms with E-state index in [1.165, 1.54) is 12.1 Å². The van der Waals surface area contributed by atoms with Crippen LogP contribution in [0.3, 0.4) is 0 Å². The van der Waals surface area contributed by atoms with Crippen molar-refractivity contribution in [3.8, 4) is 11.4 Å². The monoisotopic (exact) mass is 477 g/mol. The van der Waals surface area contributed by atoms with Crippen molar-refractivity contribution in [1.29, 1.82) is 0 Å². The number of hydrogen-bond donors (Lipinski definition) is 1. The van der Waals surface area contributed by atoms with Crippen LogP contribution in [0.25, 0.3) is 22.3 Å². The van der Waals surface area contributed by atoms with Gasteiger partial charge in [-0.3, -0.25) is 4.79 Å². The Morgan fingerprint density at radius 1 is 1.12 bits per heavy atom. The number of rotatable bonds is 3. The number of pyridine rings is 1. The predicted molar refractivity (Wildman–Crippen MR) is 102 cm³/mol. The van der Waals surface area contributed by atoms with E-state index < -0.39 is 0 Å². The number of aromatic nitrogens is 3. The Morgan fingerprint density at radius 3 is 2.81 bits per heavy atom. The second-order valence-corrected chi connectivity index (χ2v) is 7.44. The molecule has 0 unspecified atom stereocenters. The van der Waals surface area contributed by atoms with Gasteiger partial charge in [-0.05, 0) is 48.0 Å². The lowest BCUT2D eigenvalue weighted by Crippen LogP contribution is -2.09. The first-order valence-corrected chi connectivity index (χ1v) is 9.18. The van der Waals surface area contributed by atoms with E-state index in [4.69, 9.17) is 4.52 Å². The molecule has 0 saturated heterocycles. The molecule has 2 aromatic heterocycles. The van der Waals surface area contributed by atoms with E-state index in [9.17, 15) is 9.18 Å². The van der Waals surface area contributed by atoms with Crippen molar-refractivity contribution in [2.24, 2.45) is 0 Å². The van der Waals surface area contributed by atoms with E-state index >= 15 is 0 Å². The van der Waals surface area contributed by atoms with Gasteiger partial charge in [-0.1, -0.05) is 37.0 Å². The van der Waals surface area contributed by atoms with E-state index in [1.54, 1.807) is 12.1 Å². The van der Waals surface area contributed by atoms with Crippen LogP contribution in [0.2, 0.25) is 0 Å². The number of benzene rings is 2. The van der Waals surface area contributed by atoms with Crippen molar-refractivity contribution < 1.29 is 8.91 Å². The summed E-state index contributed by atoms with van der Waals surface area (Å²) in [5, 5.41) is 4.74. The highest BCUT2D eigenvalue weighted by molar-refractivity contribution is 9.10. The van der Waals surface area contributed by atoms with Crippen LogP contribution in [0, 0.1) is 5.82 Å². The minimum absolute atomic E-state index is 0.190. The molecule has 130 valence electrons. The summed E-state index contributed by atoms with van der Waals surface area (Å²) in [6.07, 6.45) is 0.252. The quantitative estimate of drug-likeness (QED) is 0.457. The third-order valence-corrected chi connectivity index (χ3v) is 5.13. The van der Waals surface area contributed by atoms with Crippen molar-refractivity contribution in [2.75, 3.05) is 0 Å². The Bertz CT molecular complexity index is 1190. The molecular weight excluding hydrogens is 469 g/mol. The predicted octanol–water partition coefficient (Wildman–Crippen LogP) is 4.83. The zero-order valence-corrected chi connectivity index (χ0v) is 16.3. The molecule has 5 nitrogen and oxygen atoms in total. The molecule has 26 heavy (non-hydrogen) atoms. The van der Waals surface area contributed by atoms with Gasteiger partial charge in [-0.15, -0.1) is 0 Å². The van der Waals surface area contributed by atoms with Crippen LogP contribution >= 0.6 is 31.9 Å². The molecule has 2 aromatic carbocycles. The topological polar surface area (TPSA) is 71.8 Å². The maximum atomic E-state index is 13.4. The van der Waals surface area contributed by atoms with Crippen molar-refractivity contribution in [3.63, 3.8) is 0 Å². The summed E-state index contributed by atoms with van der Waals surface area (Å²) in [4.78, 5) is 19.4. The molecule has 0 bridgehead atoms. The second kappa shape index (κ2) is 6.77. The standard InChI is InChI=1S/C18H10Br2FN3O2/c19-11-1-4-15-10(5-11)7-13(18(25)22-15)17-23-16(26-24-17)8-9-6-12(21)2-3-14(9)20/h1-7H,8H2,(H,22,25). The number of hydrogen-bond acceptors (Lipinski definition) is 4. The fourth-order valence-electron chi connectivity index (χ4n) is 2.62. The fraction of sp³-hybridized carbons (Fsp3) is 0.0556. The highest BCUT2D eigenvalue weighted by Gasteiger charge is 2.15. The van der Waals surface area contributed by atoms with E-state index in [-0.39, 0.29) is 23.6 Å². The smallest absolute Gasteiger partial charge is 0.259 e. The lowest BCUT2D eigenvalue weighted by atomic mass is 10.1. The summed E-state index contributed by atoms with van der Waals surface area (Å²) in [7, 11) is 0. The maximum absolute atomic E-state index is 13.4. The third kappa shape index (κ3) is 3.34. The van der Waals surface area contributed by atoms with E-state index in [0.29, 0.717) is 22.5 Å². The van der Waals surface area contributed by atoms with Crippen molar-refractivity contribution >= 4 is 42.8 Å². The summed E-state index contributed by atoms with van der Waals surface area (Å²) in [6, 6.07) is 11.6. The summed E-state index contributed by atoms with van der Waals surface area (Å²) < 4.78 is 20.3. The Hall–Kier alpha value is -2.32. The molecule has 8 heteroatoms. The van der Waals surface area contributed by atoms with Crippen molar-refractivity contribution in [3.05, 3.63) is 79.0 Å². The highest BCUT2D eigenvalue weighted by atomic mass is 79.9. The van der Waals surface area contributed by atoms with Crippen LogP contribution < -0.4 is 5.56 Å². The average Bonchev–Trinajstić information content (AvgIpc) is 3.06. The van der Waals surface area contributed by atoms with Gasteiger partial charge < -0.3 is 9.51 Å². The normalized spacial score (nSPS) is 11.2. The van der Waals surface area contributed by atoms with Crippen LogP contribution in [-0.4, -0.2) is 15.1 Å². The Morgan fingerprint density at radius 2 is 1.96 bits per heavy atom. The zero-order valence-electron chi connectivity index (χ0n) is 13.1. The first kappa shape index (κ1) is 17.1. The van der Waals surface area contributed by atoms with E-state index in [1.807, 2.05) is 18.2 Å². The molecule has 0 aliphatic carbocycles. The molecule has 0 amide bonds. The van der Waals surface area contributed by atoms with Gasteiger partial charge in [0.1, 0.15) is 5.82 Å². The van der Waals surface area contributed by atoms with Crippen molar-refractivity contribution in [2.45, 2.75) is 6.42 Å². The average molecular weight is 479 g/mol. The molecule has 4 aromatic rings. The highest BCUT2D eigenvalue weighted by Crippen LogP contribution is 2.23. The summed E-state index contributed by atoms with van der Waals surface area (Å²) in [5.41, 5.74) is 1.40. The molecule has 0 fully saturated rings. The molecule has 4 rings (SSSR count). The van der Waals surface area contributed by atoms with Crippen LogP contribution in [0.15, 0.2) is 60.7 Å². The summed E-state index contributed by atoms with van der Waals surface area (Å²) in [5.74, 6) is 0.134. The maximum Gasteiger partial charge on any atom is 0.259 e. The molecule has 0 atom stereocenters. The molecule has 0 saturated carbocycles. The lowest BCUT2D eigenvalue weighted by Gasteiger charge is -2.01. The van der Waals surface area contributed by atoms with Gasteiger partial charge in [0.15, 0.2) is 0 Å². The van der Waals surface area contributed by atoms with Gasteiger partial charge in [0.2, 0.25) is 11.7 Å². The molecule has 1 N–H and O–H groups in total. The summed E-state index contributed by atoms with van der Waals surface area (Å²) in [6.45, 7) is 0. The van der Waals surface area contributed by atoms with Crippen LogP contribution in [-0.2, 0) is 6.42 Å². The SMILES string of the molecule is O=c1[nH]c2ccc(Br)cc2cc1-c1noc(Cc2cc(F)ccc2Br)n1. The largest absolute Gasteiger partial charge is 0.339 e. The number of nitrogens with one attached hydrogen (secondary N) is 1. The first-order valence-electron chi connectivity index (χ1n) is 7.59. The Kier molecular flexibility index (Phi) is 4.46. The molecule has 0 spiro atoms. The molecular formula is C18H10Br2FN3O2. The van der Waals surface area contributed by atoms with Crippen LogP contribution in [0.5, 0.6) is 0 Å². The van der Waals surface area contributed by atoms with Gasteiger partial charge in [0.25, 0.3) is 5.56 Å².